The van der Waals surface area contributed by atoms with Crippen molar-refractivity contribution in [2.45, 2.75) is 77.0 Å². The maximum atomic E-state index is 12.6. The molecule has 1 amide bonds. The van der Waals surface area contributed by atoms with Crippen LogP contribution >= 0.6 is 11.8 Å². The third kappa shape index (κ3) is 4.36. The number of carbonyl (C=O) groups excluding carboxylic acids is 1. The van der Waals surface area contributed by atoms with Gasteiger partial charge in [0.05, 0.1) is 5.25 Å². The monoisotopic (exact) mass is 314 g/mol. The Morgan fingerprint density at radius 3 is 2.33 bits per heavy atom. The number of nitrogens with one attached hydrogen (secondary N) is 1. The van der Waals surface area contributed by atoms with E-state index < -0.39 is 0 Å². The second kappa shape index (κ2) is 7.68. The number of hydrogen-bond donors (Lipinski definition) is 1. The summed E-state index contributed by atoms with van der Waals surface area (Å²) in [5.41, 5.74) is -0.219. The predicted octanol–water partition coefficient (Wildman–Crippen LogP) is 2.11. The molecule has 1 aromatic rings. The van der Waals surface area contributed by atoms with E-state index >= 15 is 0 Å². The molecule has 0 aliphatic heterocycles. The summed E-state index contributed by atoms with van der Waals surface area (Å²) in [6, 6.07) is 0.301. The first-order valence-electron chi connectivity index (χ1n) is 7.43. The fourth-order valence-electron chi connectivity index (χ4n) is 2.34. The van der Waals surface area contributed by atoms with E-state index in [2.05, 4.69) is 10.2 Å². The number of thioether (sulfide) groups is 1. The normalized spacial score (nSPS) is 13.0. The molecular formula is C14H26N4O2S. The molecule has 0 saturated carbocycles. The molecule has 0 radical (unpaired) electrons. The Morgan fingerprint density at radius 2 is 1.86 bits per heavy atom. The Balaban J connectivity index is 2.88. The molecule has 0 aliphatic rings. The summed E-state index contributed by atoms with van der Waals surface area (Å²) in [6.45, 7) is 12.5. The van der Waals surface area contributed by atoms with Crippen molar-refractivity contribution < 1.29 is 4.79 Å². The molecule has 0 aromatic carbocycles. The van der Waals surface area contributed by atoms with Crippen LogP contribution in [0.1, 0.15) is 48.0 Å². The molecule has 0 fully saturated rings. The number of hydrogen-bond acceptors (Lipinski definition) is 4. The fraction of sp³-hybridized carbons (Fsp3) is 0.786. The topological polar surface area (TPSA) is 71.0 Å². The number of carbonyl (C=O) groups is 1. The molecular weight excluding hydrogens is 288 g/mol. The van der Waals surface area contributed by atoms with Crippen LogP contribution in [0.4, 0.5) is 0 Å². The van der Waals surface area contributed by atoms with Crippen LogP contribution in [-0.4, -0.2) is 42.9 Å². The highest BCUT2D eigenvalue weighted by atomic mass is 32.2. The minimum atomic E-state index is -0.277. The lowest BCUT2D eigenvalue weighted by Crippen LogP contribution is -2.45. The van der Waals surface area contributed by atoms with Crippen molar-refractivity contribution in [2.75, 3.05) is 0 Å². The van der Waals surface area contributed by atoms with Gasteiger partial charge >= 0.3 is 5.69 Å². The van der Waals surface area contributed by atoms with Gasteiger partial charge in [0.15, 0.2) is 5.16 Å². The van der Waals surface area contributed by atoms with Gasteiger partial charge in [0.2, 0.25) is 5.91 Å². The van der Waals surface area contributed by atoms with E-state index in [1.807, 2.05) is 46.4 Å². The Kier molecular flexibility index (Phi) is 6.51. The third-order valence-electron chi connectivity index (χ3n) is 3.17. The zero-order chi connectivity index (χ0) is 16.2. The highest BCUT2D eigenvalue weighted by molar-refractivity contribution is 8.00. The largest absolute Gasteiger partial charge is 0.343 e. The number of rotatable bonds is 7. The summed E-state index contributed by atoms with van der Waals surface area (Å²) in [5, 5.41) is 6.78. The Labute approximate surface area is 130 Å². The summed E-state index contributed by atoms with van der Waals surface area (Å²) < 4.78 is 1.59. The van der Waals surface area contributed by atoms with Gasteiger partial charge in [0.1, 0.15) is 0 Å². The minimum absolute atomic E-state index is 0.0727. The molecule has 1 aromatic heterocycles. The van der Waals surface area contributed by atoms with E-state index in [1.165, 1.54) is 11.8 Å². The van der Waals surface area contributed by atoms with Crippen LogP contribution in [0, 0.1) is 0 Å². The molecule has 0 bridgehead atoms. The average molecular weight is 314 g/mol. The van der Waals surface area contributed by atoms with Crippen LogP contribution in [0.2, 0.25) is 0 Å². The quantitative estimate of drug-likeness (QED) is 0.783. The second-order valence-electron chi connectivity index (χ2n) is 5.66. The second-order valence-corrected chi connectivity index (χ2v) is 6.96. The zero-order valence-corrected chi connectivity index (χ0v) is 14.5. The van der Waals surface area contributed by atoms with Gasteiger partial charge in [-0.1, -0.05) is 18.7 Å². The lowest BCUT2D eigenvalue weighted by atomic mass is 10.2. The first-order valence-corrected chi connectivity index (χ1v) is 8.31. The van der Waals surface area contributed by atoms with Crippen LogP contribution in [0.5, 0.6) is 0 Å². The molecule has 6 nitrogen and oxygen atoms in total. The molecule has 1 rings (SSSR count). The summed E-state index contributed by atoms with van der Waals surface area (Å²) in [7, 11) is 0. The van der Waals surface area contributed by atoms with E-state index in [0.717, 1.165) is 6.42 Å². The number of nitrogens with zero attached hydrogens (tertiary/aromatic N) is 3. The highest BCUT2D eigenvalue weighted by Crippen LogP contribution is 2.23. The maximum Gasteiger partial charge on any atom is 0.343 e. The molecule has 120 valence electrons. The van der Waals surface area contributed by atoms with Crippen LogP contribution in [0.25, 0.3) is 0 Å². The molecule has 1 heterocycles. The highest BCUT2D eigenvalue weighted by Gasteiger charge is 2.27. The van der Waals surface area contributed by atoms with E-state index in [9.17, 15) is 9.59 Å². The van der Waals surface area contributed by atoms with E-state index in [0.29, 0.717) is 11.7 Å². The molecule has 0 spiro atoms. The van der Waals surface area contributed by atoms with Crippen molar-refractivity contribution in [3.63, 3.8) is 0 Å². The number of aromatic amines is 1. The molecule has 1 atom stereocenters. The van der Waals surface area contributed by atoms with Gasteiger partial charge in [-0.2, -0.15) is 0 Å². The lowest BCUT2D eigenvalue weighted by molar-refractivity contribution is -0.133. The smallest absolute Gasteiger partial charge is 0.337 e. The first-order chi connectivity index (χ1) is 9.79. The Morgan fingerprint density at radius 1 is 1.29 bits per heavy atom. The van der Waals surface area contributed by atoms with Crippen LogP contribution < -0.4 is 5.69 Å². The predicted molar refractivity (Wildman–Crippen MR) is 85.6 cm³/mol. The third-order valence-corrected chi connectivity index (χ3v) is 4.25. The number of amides is 1. The van der Waals surface area contributed by atoms with E-state index in [1.54, 1.807) is 4.57 Å². The van der Waals surface area contributed by atoms with Gasteiger partial charge in [-0.15, -0.1) is 5.10 Å². The van der Waals surface area contributed by atoms with Crippen LogP contribution in [-0.2, 0) is 11.3 Å². The van der Waals surface area contributed by atoms with Crippen molar-refractivity contribution in [1.82, 2.24) is 19.7 Å². The van der Waals surface area contributed by atoms with Gasteiger partial charge in [-0.25, -0.2) is 9.89 Å². The SMILES string of the molecule is CCCn1c(S[C@@H](C)C(=O)N(C(C)C)C(C)C)n[nH]c1=O. The van der Waals surface area contributed by atoms with Crippen molar-refractivity contribution >= 4 is 17.7 Å². The first kappa shape index (κ1) is 17.8. The summed E-state index contributed by atoms with van der Waals surface area (Å²) in [6.07, 6.45) is 0.847. The van der Waals surface area contributed by atoms with Crippen molar-refractivity contribution in [3.8, 4) is 0 Å². The summed E-state index contributed by atoms with van der Waals surface area (Å²) >= 11 is 1.33. The Bertz CT molecular complexity index is 513. The van der Waals surface area contributed by atoms with Gasteiger partial charge < -0.3 is 4.90 Å². The molecule has 1 N–H and O–H groups in total. The molecule has 0 aliphatic carbocycles. The Hall–Kier alpha value is -1.24. The minimum Gasteiger partial charge on any atom is -0.337 e. The van der Waals surface area contributed by atoms with Gasteiger partial charge in [-0.05, 0) is 41.0 Å². The van der Waals surface area contributed by atoms with E-state index in [-0.39, 0.29) is 28.9 Å². The van der Waals surface area contributed by atoms with E-state index in [4.69, 9.17) is 0 Å². The van der Waals surface area contributed by atoms with Crippen molar-refractivity contribution in [3.05, 3.63) is 10.5 Å². The molecule has 7 heteroatoms. The maximum absolute atomic E-state index is 12.6. The van der Waals surface area contributed by atoms with Gasteiger partial charge in [0.25, 0.3) is 0 Å². The standard InChI is InChI=1S/C14H26N4O2S/c1-7-8-17-13(20)15-16-14(17)21-11(6)12(19)18(9(2)3)10(4)5/h9-11H,7-8H2,1-6H3,(H,15,20)/t11-/m0/s1. The lowest BCUT2D eigenvalue weighted by Gasteiger charge is -2.32. The number of H-pyrrole nitrogens is 1. The molecule has 0 saturated heterocycles. The summed E-state index contributed by atoms with van der Waals surface area (Å²) in [5.74, 6) is 0.0727. The van der Waals surface area contributed by atoms with Gasteiger partial charge in [-0.3, -0.25) is 9.36 Å². The van der Waals surface area contributed by atoms with Gasteiger partial charge in [0, 0.05) is 18.6 Å². The fourth-order valence-corrected chi connectivity index (χ4v) is 3.28. The molecule has 21 heavy (non-hydrogen) atoms. The van der Waals surface area contributed by atoms with Crippen molar-refractivity contribution in [1.29, 1.82) is 0 Å². The van der Waals surface area contributed by atoms with Crippen molar-refractivity contribution in [2.24, 2.45) is 0 Å². The van der Waals surface area contributed by atoms with Crippen LogP contribution in [0.15, 0.2) is 9.95 Å². The summed E-state index contributed by atoms with van der Waals surface area (Å²) in [4.78, 5) is 26.1. The van der Waals surface area contributed by atoms with Crippen LogP contribution in [0.3, 0.4) is 0 Å². The average Bonchev–Trinajstić information content (AvgIpc) is 2.71. The molecule has 0 unspecified atom stereocenters. The number of aromatic nitrogens is 3. The zero-order valence-electron chi connectivity index (χ0n) is 13.7.